The van der Waals surface area contributed by atoms with Gasteiger partial charge in [0.05, 0.1) is 12.3 Å². The molecule has 0 aliphatic carbocycles. The summed E-state index contributed by atoms with van der Waals surface area (Å²) in [5.74, 6) is 0.266. The zero-order chi connectivity index (χ0) is 11.3. The minimum Gasteiger partial charge on any atom is -0.472 e. The molecule has 1 atom stereocenters. The maximum absolute atomic E-state index is 10.3. The van der Waals surface area contributed by atoms with E-state index >= 15 is 0 Å². The van der Waals surface area contributed by atoms with Crippen LogP contribution in [0.25, 0.3) is 0 Å². The van der Waals surface area contributed by atoms with Crippen LogP contribution >= 0.6 is 0 Å². The van der Waals surface area contributed by atoms with Gasteiger partial charge in [-0.1, -0.05) is 0 Å². The number of anilines is 1. The number of amides is 1. The monoisotopic (exact) mass is 212 g/mol. The van der Waals surface area contributed by atoms with Gasteiger partial charge in [0, 0.05) is 12.3 Å². The maximum atomic E-state index is 10.3. The number of hydrogen-bond donors (Lipinski definition) is 3. The Balaban J connectivity index is 2.69. The predicted molar refractivity (Wildman–Crippen MR) is 53.1 cm³/mol. The van der Waals surface area contributed by atoms with Gasteiger partial charge in [0.15, 0.2) is 0 Å². The molecule has 3 N–H and O–H groups in total. The first-order valence-electron chi connectivity index (χ1n) is 4.35. The fourth-order valence-electron chi connectivity index (χ4n) is 0.919. The molecule has 0 bridgehead atoms. The topological polar surface area (TPSA) is 91.7 Å². The van der Waals surface area contributed by atoms with Crippen LogP contribution in [0.1, 0.15) is 6.92 Å². The van der Waals surface area contributed by atoms with Gasteiger partial charge in [-0.3, -0.25) is 5.32 Å². The van der Waals surface area contributed by atoms with Gasteiger partial charge in [-0.25, -0.2) is 9.78 Å². The van der Waals surface area contributed by atoms with E-state index < -0.39 is 6.09 Å². The summed E-state index contributed by atoms with van der Waals surface area (Å²) < 4.78 is 5.19. The van der Waals surface area contributed by atoms with Crippen molar-refractivity contribution in [3.63, 3.8) is 0 Å². The number of carbonyl (C=O) groups is 1. The smallest absolute Gasteiger partial charge is 0.409 e. The summed E-state index contributed by atoms with van der Waals surface area (Å²) >= 11 is 0. The Morgan fingerprint density at radius 3 is 3.07 bits per heavy atom. The van der Waals surface area contributed by atoms with Crippen LogP contribution < -0.4 is 10.1 Å². The fourth-order valence-corrected chi connectivity index (χ4v) is 0.919. The summed E-state index contributed by atoms with van der Waals surface area (Å²) in [7, 11) is 0. The third kappa shape index (κ3) is 3.82. The Bertz CT molecular complexity index is 343. The lowest BCUT2D eigenvalue weighted by Crippen LogP contribution is -2.17. The summed E-state index contributed by atoms with van der Waals surface area (Å²) in [6.45, 7) is 1.55. The van der Waals surface area contributed by atoms with Gasteiger partial charge in [0.25, 0.3) is 0 Å². The van der Waals surface area contributed by atoms with Gasteiger partial charge in [0.1, 0.15) is 6.10 Å². The number of pyridine rings is 1. The number of aromatic nitrogens is 1. The molecule has 1 amide bonds. The van der Waals surface area contributed by atoms with E-state index in [1.165, 1.54) is 18.3 Å². The zero-order valence-corrected chi connectivity index (χ0v) is 8.17. The molecule has 1 unspecified atom stereocenters. The standard InChI is InChI=1S/C9H12N2O4/c1-6(5-12)15-8-4-7(2-3-10-8)11-9(13)14/h2-4,6,12H,5H2,1H3,(H,10,11)(H,13,14). The van der Waals surface area contributed by atoms with E-state index in [9.17, 15) is 4.79 Å². The molecule has 82 valence electrons. The second-order valence-corrected chi connectivity index (χ2v) is 2.92. The number of aliphatic hydroxyl groups is 1. The Kier molecular flexibility index (Phi) is 3.87. The summed E-state index contributed by atoms with van der Waals surface area (Å²) in [6, 6.07) is 2.95. The van der Waals surface area contributed by atoms with Crippen molar-refractivity contribution in [2.45, 2.75) is 13.0 Å². The molecule has 1 aromatic heterocycles. The fraction of sp³-hybridized carbons (Fsp3) is 0.333. The number of nitrogens with zero attached hydrogens (tertiary/aromatic N) is 1. The van der Waals surface area contributed by atoms with Crippen molar-refractivity contribution < 1.29 is 19.7 Å². The van der Waals surface area contributed by atoms with Gasteiger partial charge < -0.3 is 14.9 Å². The number of carboxylic acid groups (broad SMARTS) is 1. The number of hydrogen-bond acceptors (Lipinski definition) is 4. The van der Waals surface area contributed by atoms with Crippen molar-refractivity contribution in [1.29, 1.82) is 0 Å². The van der Waals surface area contributed by atoms with Crippen LogP contribution in [-0.2, 0) is 0 Å². The van der Waals surface area contributed by atoms with E-state index in [0.717, 1.165) is 0 Å². The van der Waals surface area contributed by atoms with Crippen molar-refractivity contribution in [1.82, 2.24) is 4.98 Å². The Hall–Kier alpha value is -1.82. The summed E-state index contributed by atoms with van der Waals surface area (Å²) in [4.78, 5) is 14.2. The minimum absolute atomic E-state index is 0.127. The first-order chi connectivity index (χ1) is 7.11. The quantitative estimate of drug-likeness (QED) is 0.690. The first kappa shape index (κ1) is 11.3. The van der Waals surface area contributed by atoms with Crippen LogP contribution in [0.4, 0.5) is 10.5 Å². The molecule has 0 fully saturated rings. The van der Waals surface area contributed by atoms with Crippen LogP contribution in [0, 0.1) is 0 Å². The van der Waals surface area contributed by atoms with Gasteiger partial charge in [-0.15, -0.1) is 0 Å². The van der Waals surface area contributed by atoms with E-state index in [0.29, 0.717) is 5.69 Å². The molecule has 0 aliphatic heterocycles. The summed E-state index contributed by atoms with van der Waals surface area (Å²) in [5.41, 5.74) is 0.373. The molecule has 1 aromatic rings. The highest BCUT2D eigenvalue weighted by molar-refractivity contribution is 5.82. The first-order valence-corrected chi connectivity index (χ1v) is 4.35. The van der Waals surface area contributed by atoms with E-state index in [-0.39, 0.29) is 18.6 Å². The lowest BCUT2D eigenvalue weighted by atomic mass is 10.4. The number of aliphatic hydroxyl groups excluding tert-OH is 1. The molecule has 0 spiro atoms. The van der Waals surface area contributed by atoms with Crippen molar-refractivity contribution >= 4 is 11.8 Å². The maximum Gasteiger partial charge on any atom is 0.409 e. The molecule has 0 saturated heterocycles. The lowest BCUT2D eigenvalue weighted by molar-refractivity contribution is 0.125. The van der Waals surface area contributed by atoms with Gasteiger partial charge >= 0.3 is 6.09 Å². The van der Waals surface area contributed by atoms with Crippen LogP contribution in [0.15, 0.2) is 18.3 Å². The average molecular weight is 212 g/mol. The normalized spacial score (nSPS) is 11.9. The number of nitrogens with one attached hydrogen (secondary N) is 1. The SMILES string of the molecule is CC(CO)Oc1cc(NC(=O)O)ccn1. The van der Waals surface area contributed by atoms with Crippen LogP contribution in [0.5, 0.6) is 5.88 Å². The Morgan fingerprint density at radius 1 is 1.73 bits per heavy atom. The van der Waals surface area contributed by atoms with E-state index in [2.05, 4.69) is 10.3 Å². The number of ether oxygens (including phenoxy) is 1. The molecule has 15 heavy (non-hydrogen) atoms. The van der Waals surface area contributed by atoms with Gasteiger partial charge in [-0.05, 0) is 13.0 Å². The minimum atomic E-state index is -1.15. The van der Waals surface area contributed by atoms with Crippen molar-refractivity contribution in [3.8, 4) is 5.88 Å². The second kappa shape index (κ2) is 5.16. The highest BCUT2D eigenvalue weighted by Crippen LogP contribution is 2.14. The largest absolute Gasteiger partial charge is 0.472 e. The molecular weight excluding hydrogens is 200 g/mol. The summed E-state index contributed by atoms with van der Waals surface area (Å²) in [5, 5.41) is 19.4. The molecule has 0 aliphatic rings. The molecule has 6 nitrogen and oxygen atoms in total. The molecule has 6 heteroatoms. The molecule has 1 rings (SSSR count). The molecule has 1 heterocycles. The van der Waals surface area contributed by atoms with Crippen molar-refractivity contribution in [2.75, 3.05) is 11.9 Å². The van der Waals surface area contributed by atoms with Crippen LogP contribution in [0.3, 0.4) is 0 Å². The summed E-state index contributed by atoms with van der Waals surface area (Å²) in [6.07, 6.45) is -0.107. The number of rotatable bonds is 4. The molecule has 0 radical (unpaired) electrons. The third-order valence-electron chi connectivity index (χ3n) is 1.57. The highest BCUT2D eigenvalue weighted by atomic mass is 16.5. The lowest BCUT2D eigenvalue weighted by Gasteiger charge is -2.11. The van der Waals surface area contributed by atoms with Crippen molar-refractivity contribution in [3.05, 3.63) is 18.3 Å². The Labute approximate surface area is 86.5 Å². The molecular formula is C9H12N2O4. The van der Waals surface area contributed by atoms with E-state index in [1.807, 2.05) is 0 Å². The second-order valence-electron chi connectivity index (χ2n) is 2.92. The molecule has 0 saturated carbocycles. The van der Waals surface area contributed by atoms with Crippen molar-refractivity contribution in [2.24, 2.45) is 0 Å². The third-order valence-corrected chi connectivity index (χ3v) is 1.57. The van der Waals surface area contributed by atoms with Crippen LogP contribution in [0.2, 0.25) is 0 Å². The van der Waals surface area contributed by atoms with Gasteiger partial charge in [0.2, 0.25) is 5.88 Å². The van der Waals surface area contributed by atoms with E-state index in [4.69, 9.17) is 14.9 Å². The predicted octanol–water partition coefficient (Wildman–Crippen LogP) is 0.931. The Morgan fingerprint density at radius 2 is 2.47 bits per heavy atom. The average Bonchev–Trinajstić information content (AvgIpc) is 2.17. The molecule has 0 aromatic carbocycles. The van der Waals surface area contributed by atoms with Gasteiger partial charge in [-0.2, -0.15) is 0 Å². The van der Waals surface area contributed by atoms with E-state index in [1.54, 1.807) is 6.92 Å². The highest BCUT2D eigenvalue weighted by Gasteiger charge is 2.05. The zero-order valence-electron chi connectivity index (χ0n) is 8.17. The van der Waals surface area contributed by atoms with Crippen LogP contribution in [-0.4, -0.2) is 34.0 Å².